The Labute approximate surface area is 194 Å². The summed E-state index contributed by atoms with van der Waals surface area (Å²) in [5.41, 5.74) is 4.32. The second-order valence-electron chi connectivity index (χ2n) is 8.89. The van der Waals surface area contributed by atoms with Gasteiger partial charge in [-0.3, -0.25) is 9.88 Å². The van der Waals surface area contributed by atoms with Crippen molar-refractivity contribution in [2.45, 2.75) is 30.8 Å². The van der Waals surface area contributed by atoms with Crippen LogP contribution >= 0.6 is 0 Å². The number of hydrogen-bond acceptors (Lipinski definition) is 4. The van der Waals surface area contributed by atoms with Gasteiger partial charge in [0.2, 0.25) is 0 Å². The van der Waals surface area contributed by atoms with Gasteiger partial charge in [0.25, 0.3) is 0 Å². The van der Waals surface area contributed by atoms with E-state index in [4.69, 9.17) is 0 Å². The first kappa shape index (κ1) is 21.6. The maximum absolute atomic E-state index is 13.0. The molecular formula is C27H30N4O2. The summed E-state index contributed by atoms with van der Waals surface area (Å²) in [6.45, 7) is 2.51. The van der Waals surface area contributed by atoms with Gasteiger partial charge in [-0.05, 0) is 60.3 Å². The lowest BCUT2D eigenvalue weighted by molar-refractivity contribution is -0.0585. The number of rotatable bonds is 4. The van der Waals surface area contributed by atoms with Crippen LogP contribution in [0.2, 0.25) is 0 Å². The van der Waals surface area contributed by atoms with Crippen molar-refractivity contribution >= 4 is 11.7 Å². The Balaban J connectivity index is 1.35. The third kappa shape index (κ3) is 4.49. The molecule has 3 heterocycles. The Kier molecular flexibility index (Phi) is 6.37. The number of anilines is 1. The van der Waals surface area contributed by atoms with E-state index in [9.17, 15) is 9.90 Å². The summed E-state index contributed by atoms with van der Waals surface area (Å²) in [6, 6.07) is 22.5. The average molecular weight is 443 g/mol. The van der Waals surface area contributed by atoms with Crippen molar-refractivity contribution in [1.82, 2.24) is 14.8 Å². The minimum absolute atomic E-state index is 0.0534. The van der Waals surface area contributed by atoms with Crippen molar-refractivity contribution < 1.29 is 9.90 Å². The van der Waals surface area contributed by atoms with E-state index in [1.165, 1.54) is 5.56 Å². The van der Waals surface area contributed by atoms with Crippen LogP contribution in [0.5, 0.6) is 0 Å². The van der Waals surface area contributed by atoms with Crippen molar-refractivity contribution in [3.8, 4) is 11.1 Å². The number of nitrogens with zero attached hydrogens (tertiary/aromatic N) is 3. The van der Waals surface area contributed by atoms with Crippen LogP contribution in [0.4, 0.5) is 10.5 Å². The minimum atomic E-state index is -0.0534. The fourth-order valence-electron chi connectivity index (χ4n) is 5.29. The number of amides is 2. The Morgan fingerprint density at radius 2 is 1.64 bits per heavy atom. The number of carbonyl (C=O) groups excluding carboxylic acids is 1. The van der Waals surface area contributed by atoms with Crippen LogP contribution in [-0.4, -0.2) is 64.2 Å². The number of hydrogen-bond donors (Lipinski definition) is 2. The summed E-state index contributed by atoms with van der Waals surface area (Å²) in [5, 5.41) is 13.2. The molecule has 2 fully saturated rings. The quantitative estimate of drug-likeness (QED) is 0.635. The zero-order chi connectivity index (χ0) is 22.6. The Bertz CT molecular complexity index is 1060. The molecule has 33 heavy (non-hydrogen) atoms. The van der Waals surface area contributed by atoms with Crippen LogP contribution in [0.1, 0.15) is 24.3 Å². The van der Waals surface area contributed by atoms with Gasteiger partial charge in [0, 0.05) is 49.2 Å². The smallest absolute Gasteiger partial charge is 0.321 e. The lowest BCUT2D eigenvalue weighted by atomic mass is 9.74. The van der Waals surface area contributed by atoms with Gasteiger partial charge < -0.3 is 15.3 Å². The molecule has 1 aromatic heterocycles. The van der Waals surface area contributed by atoms with E-state index in [1.54, 1.807) is 12.4 Å². The minimum Gasteiger partial charge on any atom is -0.395 e. The third-order valence-corrected chi connectivity index (χ3v) is 6.99. The highest BCUT2D eigenvalue weighted by molar-refractivity contribution is 5.89. The van der Waals surface area contributed by atoms with Gasteiger partial charge in [0.1, 0.15) is 0 Å². The number of para-hydroxylation sites is 1. The van der Waals surface area contributed by atoms with Crippen molar-refractivity contribution in [3.63, 3.8) is 0 Å². The molecule has 0 spiro atoms. The third-order valence-electron chi connectivity index (χ3n) is 6.99. The molecule has 3 atom stereocenters. The molecule has 2 aliphatic rings. The van der Waals surface area contributed by atoms with E-state index >= 15 is 0 Å². The molecule has 170 valence electrons. The van der Waals surface area contributed by atoms with Gasteiger partial charge in [0.15, 0.2) is 0 Å². The lowest BCUT2D eigenvalue weighted by Gasteiger charge is -2.57. The lowest BCUT2D eigenvalue weighted by Crippen LogP contribution is -2.68. The highest BCUT2D eigenvalue weighted by Crippen LogP contribution is 2.42. The van der Waals surface area contributed by atoms with Crippen LogP contribution < -0.4 is 5.32 Å². The second kappa shape index (κ2) is 9.73. The van der Waals surface area contributed by atoms with Crippen molar-refractivity contribution in [1.29, 1.82) is 0 Å². The standard InChI is InChI=1S/C27H30N4O2/c32-19-25-26(22-10-8-20(9-11-22)21-12-14-28-15-13-21)24-18-30(16-4-5-17-31(24)25)27(33)29-23-6-2-1-3-7-23/h1-3,6-15,24-26,32H,4-5,16-19H2,(H,29,33)/t24-,25+,26+/m0/s1. The topological polar surface area (TPSA) is 68.7 Å². The summed E-state index contributed by atoms with van der Waals surface area (Å²) in [6.07, 6.45) is 5.60. The zero-order valence-electron chi connectivity index (χ0n) is 18.7. The molecule has 3 aromatic rings. The molecule has 2 saturated heterocycles. The fourth-order valence-corrected chi connectivity index (χ4v) is 5.29. The maximum atomic E-state index is 13.0. The number of pyridine rings is 1. The normalized spacial score (nSPS) is 23.1. The number of aliphatic hydroxyl groups is 1. The SMILES string of the molecule is O=C(Nc1ccccc1)N1CCCCN2[C@H](CO)[C@H](c3ccc(-c4ccncc4)cc3)[C@@H]2C1. The highest BCUT2D eigenvalue weighted by Gasteiger charge is 2.49. The second-order valence-corrected chi connectivity index (χ2v) is 8.89. The molecule has 2 aromatic carbocycles. The largest absolute Gasteiger partial charge is 0.395 e. The Morgan fingerprint density at radius 3 is 2.36 bits per heavy atom. The molecule has 6 heteroatoms. The zero-order valence-corrected chi connectivity index (χ0v) is 18.7. The first-order chi connectivity index (χ1) is 16.2. The summed E-state index contributed by atoms with van der Waals surface area (Å²) < 4.78 is 0. The monoisotopic (exact) mass is 442 g/mol. The molecule has 0 saturated carbocycles. The predicted molar refractivity (Wildman–Crippen MR) is 130 cm³/mol. The number of fused-ring (bicyclic) bond motifs is 1. The van der Waals surface area contributed by atoms with E-state index in [-0.39, 0.29) is 30.6 Å². The summed E-state index contributed by atoms with van der Waals surface area (Å²) >= 11 is 0. The number of carbonyl (C=O) groups is 1. The molecule has 2 amide bonds. The number of aliphatic hydroxyl groups excluding tert-OH is 1. The number of nitrogens with one attached hydrogen (secondary N) is 1. The average Bonchev–Trinajstić information content (AvgIpc) is 2.84. The summed E-state index contributed by atoms with van der Waals surface area (Å²) in [7, 11) is 0. The summed E-state index contributed by atoms with van der Waals surface area (Å²) in [5.74, 6) is 0.201. The van der Waals surface area contributed by atoms with Crippen molar-refractivity contribution in [3.05, 3.63) is 84.7 Å². The molecule has 0 radical (unpaired) electrons. The summed E-state index contributed by atoms with van der Waals surface area (Å²) in [4.78, 5) is 21.5. The molecule has 5 rings (SSSR count). The molecule has 0 unspecified atom stereocenters. The molecule has 2 aliphatic heterocycles. The van der Waals surface area contributed by atoms with E-state index in [0.29, 0.717) is 6.54 Å². The molecule has 0 aliphatic carbocycles. The Hall–Kier alpha value is -3.22. The highest BCUT2D eigenvalue weighted by atomic mass is 16.3. The van der Waals surface area contributed by atoms with Crippen LogP contribution in [0.25, 0.3) is 11.1 Å². The number of benzene rings is 2. The van der Waals surface area contributed by atoms with E-state index < -0.39 is 0 Å². The van der Waals surface area contributed by atoms with E-state index in [0.717, 1.165) is 42.7 Å². The predicted octanol–water partition coefficient (Wildman–Crippen LogP) is 4.21. The first-order valence-corrected chi connectivity index (χ1v) is 11.7. The molecule has 2 N–H and O–H groups in total. The van der Waals surface area contributed by atoms with Crippen molar-refractivity contribution in [2.75, 3.05) is 31.6 Å². The van der Waals surface area contributed by atoms with Gasteiger partial charge >= 0.3 is 6.03 Å². The van der Waals surface area contributed by atoms with E-state index in [2.05, 4.69) is 39.5 Å². The Morgan fingerprint density at radius 1 is 0.939 bits per heavy atom. The van der Waals surface area contributed by atoms with Crippen LogP contribution in [0.3, 0.4) is 0 Å². The van der Waals surface area contributed by atoms with Crippen molar-refractivity contribution in [2.24, 2.45) is 0 Å². The first-order valence-electron chi connectivity index (χ1n) is 11.7. The molecular weight excluding hydrogens is 412 g/mol. The van der Waals surface area contributed by atoms with Crippen LogP contribution in [0, 0.1) is 0 Å². The van der Waals surface area contributed by atoms with Crippen LogP contribution in [0.15, 0.2) is 79.1 Å². The molecule has 0 bridgehead atoms. The molecule has 6 nitrogen and oxygen atoms in total. The van der Waals surface area contributed by atoms with Gasteiger partial charge in [-0.15, -0.1) is 0 Å². The number of aromatic nitrogens is 1. The number of urea groups is 1. The maximum Gasteiger partial charge on any atom is 0.321 e. The van der Waals surface area contributed by atoms with Gasteiger partial charge in [-0.25, -0.2) is 4.79 Å². The van der Waals surface area contributed by atoms with Gasteiger partial charge in [-0.2, -0.15) is 0 Å². The van der Waals surface area contributed by atoms with Gasteiger partial charge in [-0.1, -0.05) is 42.5 Å². The van der Waals surface area contributed by atoms with E-state index in [1.807, 2.05) is 47.4 Å². The fraction of sp³-hybridized carbons (Fsp3) is 0.333. The van der Waals surface area contributed by atoms with Crippen LogP contribution in [-0.2, 0) is 0 Å². The van der Waals surface area contributed by atoms with Gasteiger partial charge in [0.05, 0.1) is 6.61 Å².